The topological polar surface area (TPSA) is 63.1 Å². The number of likely N-dealkylation sites (N-methyl/N-ethyl adjacent to an activating group) is 1. The van der Waals surface area contributed by atoms with Crippen molar-refractivity contribution in [1.82, 2.24) is 25.0 Å². The molecule has 102 valence electrons. The molecular weight excluding hydrogens is 230 g/mol. The van der Waals surface area contributed by atoms with Gasteiger partial charge in [0, 0.05) is 19.6 Å². The monoisotopic (exact) mass is 253 g/mol. The van der Waals surface area contributed by atoms with Crippen LogP contribution in [0.2, 0.25) is 0 Å². The van der Waals surface area contributed by atoms with Crippen LogP contribution in [0.3, 0.4) is 0 Å². The van der Waals surface area contributed by atoms with E-state index in [0.29, 0.717) is 13.1 Å². The molecule has 1 rings (SSSR count). The molecule has 1 aromatic heterocycles. The predicted molar refractivity (Wildman–Crippen MR) is 69.9 cm³/mol. The average molecular weight is 253 g/mol. The Labute approximate surface area is 108 Å². The maximum absolute atomic E-state index is 11.8. The summed E-state index contributed by atoms with van der Waals surface area (Å²) >= 11 is 0. The molecule has 0 spiro atoms. The van der Waals surface area contributed by atoms with Gasteiger partial charge >= 0.3 is 0 Å². The van der Waals surface area contributed by atoms with Crippen LogP contribution >= 0.6 is 0 Å². The number of hydrogen-bond donors (Lipinski definition) is 1. The van der Waals surface area contributed by atoms with Crippen LogP contribution in [0.5, 0.6) is 0 Å². The number of carbonyl (C=O) groups excluding carboxylic acids is 1. The van der Waals surface area contributed by atoms with E-state index in [4.69, 9.17) is 0 Å². The van der Waals surface area contributed by atoms with Gasteiger partial charge in [0.1, 0.15) is 12.2 Å². The number of aromatic nitrogens is 3. The van der Waals surface area contributed by atoms with Gasteiger partial charge in [0.25, 0.3) is 0 Å². The lowest BCUT2D eigenvalue weighted by atomic mass is 10.4. The van der Waals surface area contributed by atoms with Gasteiger partial charge in [-0.05, 0) is 20.3 Å². The maximum Gasteiger partial charge on any atom is 0.236 e. The van der Waals surface area contributed by atoms with Gasteiger partial charge in [-0.2, -0.15) is 5.10 Å². The van der Waals surface area contributed by atoms with Crippen LogP contribution in [0.1, 0.15) is 33.0 Å². The Hall–Kier alpha value is -1.43. The van der Waals surface area contributed by atoms with Crippen molar-refractivity contribution in [2.45, 2.75) is 40.3 Å². The number of rotatable bonds is 8. The Balaban J connectivity index is 2.37. The van der Waals surface area contributed by atoms with Gasteiger partial charge in [0.05, 0.1) is 13.1 Å². The van der Waals surface area contributed by atoms with E-state index in [9.17, 15) is 4.79 Å². The molecule has 0 aromatic carbocycles. The molecule has 0 aliphatic carbocycles. The molecule has 0 atom stereocenters. The molecule has 0 aliphatic rings. The van der Waals surface area contributed by atoms with Gasteiger partial charge in [-0.3, -0.25) is 4.79 Å². The summed E-state index contributed by atoms with van der Waals surface area (Å²) in [7, 11) is 0. The molecule has 0 bridgehead atoms. The second kappa shape index (κ2) is 7.81. The zero-order valence-corrected chi connectivity index (χ0v) is 11.5. The lowest BCUT2D eigenvalue weighted by Crippen LogP contribution is -2.38. The molecule has 6 heteroatoms. The highest BCUT2D eigenvalue weighted by molar-refractivity contribution is 5.78. The number of nitrogens with zero attached hydrogens (tertiary/aromatic N) is 4. The summed E-state index contributed by atoms with van der Waals surface area (Å²) in [6.07, 6.45) is 2.58. The number of nitrogens with one attached hydrogen (secondary N) is 1. The largest absolute Gasteiger partial charge is 0.342 e. The van der Waals surface area contributed by atoms with E-state index in [2.05, 4.69) is 22.3 Å². The van der Waals surface area contributed by atoms with Crippen LogP contribution in [-0.4, -0.2) is 45.2 Å². The molecule has 1 heterocycles. The Bertz CT molecular complexity index is 359. The van der Waals surface area contributed by atoms with Crippen molar-refractivity contribution in [2.75, 3.05) is 19.6 Å². The number of hydrogen-bond acceptors (Lipinski definition) is 4. The van der Waals surface area contributed by atoms with E-state index in [1.807, 2.05) is 23.4 Å². The minimum absolute atomic E-state index is 0.126. The first-order valence-electron chi connectivity index (χ1n) is 6.58. The number of carbonyl (C=O) groups is 1. The number of aryl methyl sites for hydroxylation is 1. The van der Waals surface area contributed by atoms with E-state index >= 15 is 0 Å². The Morgan fingerprint density at radius 1 is 1.39 bits per heavy atom. The van der Waals surface area contributed by atoms with Crippen LogP contribution in [0, 0.1) is 0 Å². The van der Waals surface area contributed by atoms with Crippen LogP contribution in [-0.2, 0) is 17.9 Å². The van der Waals surface area contributed by atoms with Gasteiger partial charge in [-0.25, -0.2) is 9.67 Å². The Kier molecular flexibility index (Phi) is 6.35. The summed E-state index contributed by atoms with van der Waals surface area (Å²) in [5.74, 6) is 1.01. The summed E-state index contributed by atoms with van der Waals surface area (Å²) < 4.78 is 1.87. The van der Waals surface area contributed by atoms with Crippen LogP contribution < -0.4 is 5.32 Å². The van der Waals surface area contributed by atoms with Crippen molar-refractivity contribution in [1.29, 1.82) is 0 Å². The van der Waals surface area contributed by atoms with Crippen molar-refractivity contribution in [3.8, 4) is 0 Å². The highest BCUT2D eigenvalue weighted by Crippen LogP contribution is 1.95. The zero-order chi connectivity index (χ0) is 13.4. The summed E-state index contributed by atoms with van der Waals surface area (Å²) in [5, 5.41) is 7.26. The lowest BCUT2D eigenvalue weighted by molar-refractivity contribution is -0.129. The van der Waals surface area contributed by atoms with Crippen LogP contribution in [0.15, 0.2) is 6.33 Å². The molecule has 0 saturated heterocycles. The van der Waals surface area contributed by atoms with Crippen molar-refractivity contribution < 1.29 is 4.79 Å². The molecule has 0 fully saturated rings. The van der Waals surface area contributed by atoms with Gasteiger partial charge in [0.15, 0.2) is 0 Å². The minimum Gasteiger partial charge on any atom is -0.342 e. The summed E-state index contributed by atoms with van der Waals surface area (Å²) in [4.78, 5) is 17.8. The molecule has 1 amide bonds. The second-order valence-electron chi connectivity index (χ2n) is 4.07. The first kappa shape index (κ1) is 14.6. The van der Waals surface area contributed by atoms with Crippen molar-refractivity contribution in [3.05, 3.63) is 12.2 Å². The maximum atomic E-state index is 11.8. The SMILES string of the molecule is CCCn1ncnc1CNCC(=O)N(CC)CC. The molecule has 18 heavy (non-hydrogen) atoms. The molecule has 0 saturated carbocycles. The molecular formula is C12H23N5O. The molecule has 0 radical (unpaired) electrons. The van der Waals surface area contributed by atoms with Gasteiger partial charge in [-0.1, -0.05) is 6.92 Å². The lowest BCUT2D eigenvalue weighted by Gasteiger charge is -2.18. The summed E-state index contributed by atoms with van der Waals surface area (Å²) in [6.45, 7) is 9.36. The van der Waals surface area contributed by atoms with Gasteiger partial charge in [0.2, 0.25) is 5.91 Å². The smallest absolute Gasteiger partial charge is 0.236 e. The molecule has 0 unspecified atom stereocenters. The Morgan fingerprint density at radius 2 is 2.11 bits per heavy atom. The third-order valence-corrected chi connectivity index (χ3v) is 2.81. The minimum atomic E-state index is 0.126. The highest BCUT2D eigenvalue weighted by atomic mass is 16.2. The van der Waals surface area contributed by atoms with E-state index in [0.717, 1.165) is 31.9 Å². The van der Waals surface area contributed by atoms with Crippen molar-refractivity contribution >= 4 is 5.91 Å². The molecule has 6 nitrogen and oxygen atoms in total. The fourth-order valence-electron chi connectivity index (χ4n) is 1.79. The van der Waals surface area contributed by atoms with Crippen LogP contribution in [0.25, 0.3) is 0 Å². The second-order valence-corrected chi connectivity index (χ2v) is 4.07. The molecule has 1 N–H and O–H groups in total. The Morgan fingerprint density at radius 3 is 2.72 bits per heavy atom. The highest BCUT2D eigenvalue weighted by Gasteiger charge is 2.09. The van der Waals surface area contributed by atoms with Crippen LogP contribution in [0.4, 0.5) is 0 Å². The fourth-order valence-corrected chi connectivity index (χ4v) is 1.79. The van der Waals surface area contributed by atoms with Crippen molar-refractivity contribution in [2.24, 2.45) is 0 Å². The molecule has 1 aromatic rings. The fraction of sp³-hybridized carbons (Fsp3) is 0.750. The van der Waals surface area contributed by atoms with E-state index in [1.165, 1.54) is 0 Å². The first-order chi connectivity index (χ1) is 8.72. The number of amides is 1. The third-order valence-electron chi connectivity index (χ3n) is 2.81. The van der Waals surface area contributed by atoms with Crippen molar-refractivity contribution in [3.63, 3.8) is 0 Å². The standard InChI is InChI=1S/C12H23N5O/c1-4-7-17-11(14-10-15-17)8-13-9-12(18)16(5-2)6-3/h10,13H,4-9H2,1-3H3. The first-order valence-corrected chi connectivity index (χ1v) is 6.58. The quantitative estimate of drug-likeness (QED) is 0.738. The van der Waals surface area contributed by atoms with Gasteiger partial charge in [-0.15, -0.1) is 0 Å². The van der Waals surface area contributed by atoms with E-state index < -0.39 is 0 Å². The molecule has 0 aliphatic heterocycles. The summed E-state index contributed by atoms with van der Waals surface area (Å²) in [5.41, 5.74) is 0. The zero-order valence-electron chi connectivity index (χ0n) is 11.5. The normalized spacial score (nSPS) is 10.6. The van der Waals surface area contributed by atoms with Gasteiger partial charge < -0.3 is 10.2 Å². The third kappa shape index (κ3) is 4.10. The van der Waals surface area contributed by atoms with E-state index in [-0.39, 0.29) is 5.91 Å². The van der Waals surface area contributed by atoms with E-state index in [1.54, 1.807) is 6.33 Å². The average Bonchev–Trinajstić information content (AvgIpc) is 2.79. The predicted octanol–water partition coefficient (Wildman–Crippen LogP) is 0.646. The summed E-state index contributed by atoms with van der Waals surface area (Å²) in [6, 6.07) is 0.